The number of nitrogen functional groups attached to an aromatic ring is 1. The minimum absolute atomic E-state index is 0.0141. The average molecular weight is 1110 g/mol. The van der Waals surface area contributed by atoms with Gasteiger partial charge in [-0.15, -0.1) is 0 Å². The summed E-state index contributed by atoms with van der Waals surface area (Å²) >= 11 is 4.64. The van der Waals surface area contributed by atoms with Gasteiger partial charge in [-0.05, 0) is 140 Å². The Bertz CT molecular complexity index is 3610. The van der Waals surface area contributed by atoms with E-state index in [-0.39, 0.29) is 41.7 Å². The van der Waals surface area contributed by atoms with Gasteiger partial charge in [0.25, 0.3) is 0 Å². The summed E-state index contributed by atoms with van der Waals surface area (Å²) in [5.41, 5.74) is 13.6. The van der Waals surface area contributed by atoms with Crippen molar-refractivity contribution >= 4 is 85.9 Å². The topological polar surface area (TPSA) is 255 Å². The predicted molar refractivity (Wildman–Crippen MR) is 302 cm³/mol. The van der Waals surface area contributed by atoms with Crippen molar-refractivity contribution in [3.8, 4) is 34.4 Å². The Hall–Kier alpha value is -8.92. The van der Waals surface area contributed by atoms with Crippen LogP contribution in [-0.4, -0.2) is 69.5 Å². The molecular weight excluding hydrogens is 1050 g/mol. The van der Waals surface area contributed by atoms with Crippen LogP contribution in [0.5, 0.6) is 23.0 Å². The fraction of sp³-hybridized carbons (Fsp3) is 0.293. The molecule has 22 heteroatoms. The van der Waals surface area contributed by atoms with Crippen molar-refractivity contribution in [2.75, 3.05) is 21.3 Å². The minimum atomic E-state index is -0.931. The molecule has 8 aromatic rings. The molecule has 0 saturated carbocycles. The SMILES string of the molecule is CC(=O)Cl.CC(=O)Nc1cccc(Oc2ccc(-n3c4c(c5ncnc(N(C(=O)OC(C)(C)C)C(=O)OC(C)(C)C)c53)C(C)OC4)cc2)c1.CC(=O)Nc1cccc(Oc2ccc(-n3c4c(c5ncnc(N)c53)C(C)OC4)cc2)c1. The first kappa shape index (κ1) is 57.3. The van der Waals surface area contributed by atoms with Gasteiger partial charge in [-0.25, -0.2) is 29.5 Å². The Morgan fingerprint density at radius 1 is 0.600 bits per heavy atom. The zero-order valence-electron chi connectivity index (χ0n) is 46.0. The van der Waals surface area contributed by atoms with Gasteiger partial charge in [0.05, 0.1) is 36.8 Å². The van der Waals surface area contributed by atoms with Crippen LogP contribution in [0, 0.1) is 0 Å². The van der Waals surface area contributed by atoms with E-state index in [0.717, 1.165) is 44.1 Å². The Kier molecular flexibility index (Phi) is 16.9. The second-order valence-electron chi connectivity index (χ2n) is 20.5. The van der Waals surface area contributed by atoms with Crippen LogP contribution in [0.1, 0.15) is 111 Å². The molecule has 21 nitrogen and oxygen atoms in total. The third-order valence-corrected chi connectivity index (χ3v) is 11.9. The molecule has 0 saturated heterocycles. The Morgan fingerprint density at radius 3 is 1.41 bits per heavy atom. The van der Waals surface area contributed by atoms with Gasteiger partial charge in [0.15, 0.2) is 11.6 Å². The largest absolute Gasteiger partial charge is 0.457 e. The highest BCUT2D eigenvalue weighted by Crippen LogP contribution is 2.44. The summed E-state index contributed by atoms with van der Waals surface area (Å²) in [6.45, 7) is 19.2. The number of aromatic nitrogens is 6. The number of hydrogen-bond acceptors (Lipinski definition) is 16. The number of carbonyl (C=O) groups excluding carboxylic acids is 5. The standard InChI is InChI=1S/C33H37N5O7.C23H21N5O3.C2H3ClO/c1-19-26-25(17-42-19)37(22-12-14-23(15-13-22)43-24-11-9-10-21(16-24)36-20(2)39)28-27(26)34-18-35-29(28)38(30(40)44-32(3,4)5)31(41)45-33(6,7)8;1-13-20-19(11-30-13)28(22-21(20)25-12-26-23(22)24)16-6-8-17(9-7-16)31-18-5-3-4-15(10-18)27-14(2)29;1-2(3)4/h9-16,18-19H,17H2,1-8H3,(H,36,39);3-10,12-13H,11H2,1-2H3,(H,27,29)(H2,24,25,26);1H3. The summed E-state index contributed by atoms with van der Waals surface area (Å²) in [7, 11) is 0. The number of nitrogens with two attached hydrogens (primary N) is 1. The third-order valence-electron chi connectivity index (χ3n) is 11.9. The number of hydrogen-bond donors (Lipinski definition) is 3. The average Bonchev–Trinajstić information content (AvgIpc) is 4.29. The number of fused-ring (bicyclic) bond motifs is 6. The number of anilines is 4. The number of ether oxygens (including phenoxy) is 6. The summed E-state index contributed by atoms with van der Waals surface area (Å²) in [4.78, 5) is 77.6. The van der Waals surface area contributed by atoms with Crippen molar-refractivity contribution in [2.45, 2.75) is 113 Å². The molecule has 0 aliphatic carbocycles. The number of nitrogens with one attached hydrogen (secondary N) is 2. The summed E-state index contributed by atoms with van der Waals surface area (Å²) in [5, 5.41) is 5.13. The molecule has 0 spiro atoms. The molecule has 4 aromatic heterocycles. The lowest BCUT2D eigenvalue weighted by molar-refractivity contribution is -0.115. The quantitative estimate of drug-likeness (QED) is 0.114. The van der Waals surface area contributed by atoms with Crippen molar-refractivity contribution in [3.63, 3.8) is 0 Å². The van der Waals surface area contributed by atoms with E-state index in [1.54, 1.807) is 84.0 Å². The van der Waals surface area contributed by atoms with Crippen LogP contribution in [0.3, 0.4) is 0 Å². The van der Waals surface area contributed by atoms with Gasteiger partial charge in [-0.3, -0.25) is 14.4 Å². The van der Waals surface area contributed by atoms with Gasteiger partial charge in [-0.2, -0.15) is 4.90 Å². The number of carbonyl (C=O) groups is 5. The molecule has 4 aromatic carbocycles. The highest BCUT2D eigenvalue weighted by molar-refractivity contribution is 6.62. The van der Waals surface area contributed by atoms with Gasteiger partial charge in [0, 0.05) is 66.8 Å². The number of amides is 4. The zero-order chi connectivity index (χ0) is 57.8. The van der Waals surface area contributed by atoms with Gasteiger partial charge in [0.1, 0.15) is 68.9 Å². The number of nitrogens with zero attached hydrogens (tertiary/aromatic N) is 7. The van der Waals surface area contributed by atoms with E-state index < -0.39 is 23.4 Å². The van der Waals surface area contributed by atoms with E-state index in [1.807, 2.05) is 73.0 Å². The molecule has 6 heterocycles. The van der Waals surface area contributed by atoms with E-state index in [1.165, 1.54) is 33.4 Å². The maximum Gasteiger partial charge on any atom is 0.425 e. The fourth-order valence-corrected chi connectivity index (χ4v) is 8.96. The first-order valence-corrected chi connectivity index (χ1v) is 25.7. The minimum Gasteiger partial charge on any atom is -0.457 e. The lowest BCUT2D eigenvalue weighted by Gasteiger charge is -2.28. The first-order valence-electron chi connectivity index (χ1n) is 25.3. The lowest BCUT2D eigenvalue weighted by Crippen LogP contribution is -2.44. The van der Waals surface area contributed by atoms with Crippen LogP contribution in [0.2, 0.25) is 0 Å². The van der Waals surface area contributed by atoms with Gasteiger partial charge in [0.2, 0.25) is 17.1 Å². The number of rotatable bonds is 9. The van der Waals surface area contributed by atoms with Gasteiger partial charge < -0.3 is 53.9 Å². The van der Waals surface area contributed by atoms with Crippen molar-refractivity contribution in [3.05, 3.63) is 132 Å². The highest BCUT2D eigenvalue weighted by atomic mass is 35.5. The van der Waals surface area contributed by atoms with Gasteiger partial charge in [-0.1, -0.05) is 12.1 Å². The maximum atomic E-state index is 13.6. The van der Waals surface area contributed by atoms with E-state index in [0.29, 0.717) is 63.5 Å². The molecule has 0 radical (unpaired) electrons. The summed E-state index contributed by atoms with van der Waals surface area (Å²) in [6.07, 6.45) is 0.590. The molecule has 2 unspecified atom stereocenters. The molecule has 4 amide bonds. The predicted octanol–water partition coefficient (Wildman–Crippen LogP) is 12.6. The molecule has 4 N–H and O–H groups in total. The number of halogens is 1. The van der Waals surface area contributed by atoms with Crippen molar-refractivity contribution in [1.29, 1.82) is 0 Å². The number of benzene rings is 4. The smallest absolute Gasteiger partial charge is 0.425 e. The van der Waals surface area contributed by atoms with E-state index >= 15 is 0 Å². The molecular formula is C58H61ClN10O11. The first-order chi connectivity index (χ1) is 37.8. The second-order valence-corrected chi connectivity index (χ2v) is 21.1. The molecule has 0 fully saturated rings. The van der Waals surface area contributed by atoms with E-state index in [4.69, 9.17) is 34.2 Å². The second kappa shape index (κ2) is 23.6. The summed E-state index contributed by atoms with van der Waals surface area (Å²) < 4.78 is 39.0. The Morgan fingerprint density at radius 2 is 1.00 bits per heavy atom. The van der Waals surface area contributed by atoms with Crippen molar-refractivity contribution < 1.29 is 52.4 Å². The maximum absolute atomic E-state index is 13.6. The normalized spacial score (nSPS) is 14.3. The summed E-state index contributed by atoms with van der Waals surface area (Å²) in [5.74, 6) is 2.54. The van der Waals surface area contributed by atoms with Crippen LogP contribution >= 0.6 is 11.6 Å². The van der Waals surface area contributed by atoms with Crippen molar-refractivity contribution in [1.82, 2.24) is 29.1 Å². The molecule has 80 heavy (non-hydrogen) atoms. The Balaban J connectivity index is 0.000000208. The van der Waals surface area contributed by atoms with Crippen LogP contribution in [0.4, 0.5) is 32.6 Å². The summed E-state index contributed by atoms with van der Waals surface area (Å²) in [6, 6.07) is 29.3. The molecule has 0 bridgehead atoms. The Labute approximate surface area is 466 Å². The zero-order valence-corrected chi connectivity index (χ0v) is 46.8. The molecule has 2 atom stereocenters. The van der Waals surface area contributed by atoms with Crippen LogP contribution in [-0.2, 0) is 46.5 Å². The third kappa shape index (κ3) is 13.3. The van der Waals surface area contributed by atoms with Crippen LogP contribution in [0.25, 0.3) is 33.4 Å². The number of imide groups is 1. The van der Waals surface area contributed by atoms with Crippen molar-refractivity contribution in [2.24, 2.45) is 0 Å². The molecule has 10 rings (SSSR count). The van der Waals surface area contributed by atoms with Crippen LogP contribution in [0.15, 0.2) is 110 Å². The van der Waals surface area contributed by atoms with Crippen LogP contribution < -0.4 is 30.7 Å². The molecule has 2 aliphatic heterocycles. The fourth-order valence-electron chi connectivity index (χ4n) is 8.96. The highest BCUT2D eigenvalue weighted by Gasteiger charge is 2.39. The monoisotopic (exact) mass is 1110 g/mol. The van der Waals surface area contributed by atoms with E-state index in [2.05, 4.69) is 46.7 Å². The van der Waals surface area contributed by atoms with Gasteiger partial charge >= 0.3 is 12.2 Å². The molecule has 2 aliphatic rings. The van der Waals surface area contributed by atoms with E-state index in [9.17, 15) is 24.0 Å². The molecule has 416 valence electrons. The lowest BCUT2D eigenvalue weighted by atomic mass is 10.1.